The van der Waals surface area contributed by atoms with Crippen molar-refractivity contribution < 1.29 is 9.15 Å². The van der Waals surface area contributed by atoms with E-state index in [1.165, 1.54) is 0 Å². The molecular formula is C9H17N3O2. The van der Waals surface area contributed by atoms with Crippen LogP contribution in [0.2, 0.25) is 0 Å². The van der Waals surface area contributed by atoms with Gasteiger partial charge in [0.2, 0.25) is 11.8 Å². The van der Waals surface area contributed by atoms with Crippen LogP contribution in [0.15, 0.2) is 4.42 Å². The van der Waals surface area contributed by atoms with Crippen molar-refractivity contribution in [2.24, 2.45) is 0 Å². The van der Waals surface area contributed by atoms with E-state index >= 15 is 0 Å². The van der Waals surface area contributed by atoms with Crippen LogP contribution in [-0.2, 0) is 11.3 Å². The van der Waals surface area contributed by atoms with Crippen LogP contribution in [0, 0.1) is 6.92 Å². The summed E-state index contributed by atoms with van der Waals surface area (Å²) in [6, 6.07) is 0. The Bertz CT molecular complexity index is 250. The normalized spacial score (nSPS) is 10.7. The minimum absolute atomic E-state index is 0.608. The average Bonchev–Trinajstić information content (AvgIpc) is 2.58. The lowest BCUT2D eigenvalue weighted by molar-refractivity contribution is 0.144. The van der Waals surface area contributed by atoms with Gasteiger partial charge in [0.1, 0.15) is 0 Å². The highest BCUT2D eigenvalue weighted by Crippen LogP contribution is 1.96. The lowest BCUT2D eigenvalue weighted by atomic mass is 10.4. The molecule has 1 aromatic heterocycles. The van der Waals surface area contributed by atoms with Crippen LogP contribution >= 0.6 is 0 Å². The van der Waals surface area contributed by atoms with Crippen molar-refractivity contribution in [2.75, 3.05) is 19.8 Å². The maximum atomic E-state index is 5.20. The van der Waals surface area contributed by atoms with Gasteiger partial charge < -0.3 is 14.5 Å². The third kappa shape index (κ3) is 4.34. The highest BCUT2D eigenvalue weighted by atomic mass is 16.5. The predicted octanol–water partition coefficient (Wildman–Crippen LogP) is 0.894. The molecule has 0 saturated heterocycles. The Kier molecular flexibility index (Phi) is 5.17. The quantitative estimate of drug-likeness (QED) is 0.661. The molecule has 0 amide bonds. The van der Waals surface area contributed by atoms with E-state index in [1.54, 1.807) is 6.92 Å². The van der Waals surface area contributed by atoms with Gasteiger partial charge >= 0.3 is 0 Å². The summed E-state index contributed by atoms with van der Waals surface area (Å²) < 4.78 is 10.4. The van der Waals surface area contributed by atoms with Crippen molar-refractivity contribution in [3.05, 3.63) is 11.8 Å². The highest BCUT2D eigenvalue weighted by Gasteiger charge is 1.99. The molecule has 0 aromatic carbocycles. The van der Waals surface area contributed by atoms with Crippen molar-refractivity contribution in [3.63, 3.8) is 0 Å². The van der Waals surface area contributed by atoms with E-state index in [-0.39, 0.29) is 0 Å². The fraction of sp³-hybridized carbons (Fsp3) is 0.778. The van der Waals surface area contributed by atoms with Gasteiger partial charge in [0, 0.05) is 20.1 Å². The maximum Gasteiger partial charge on any atom is 0.230 e. The van der Waals surface area contributed by atoms with Crippen molar-refractivity contribution >= 4 is 0 Å². The van der Waals surface area contributed by atoms with E-state index in [0.717, 1.165) is 26.2 Å². The number of aryl methyl sites for hydroxylation is 1. The lowest BCUT2D eigenvalue weighted by Gasteiger charge is -2.01. The molecule has 0 saturated carbocycles. The SMILES string of the molecule is CCOCCCNCc1nnc(C)o1. The van der Waals surface area contributed by atoms with Gasteiger partial charge in [-0.25, -0.2) is 0 Å². The fourth-order valence-electron chi connectivity index (χ4n) is 1.05. The second-order valence-corrected chi connectivity index (χ2v) is 2.94. The minimum atomic E-state index is 0.608. The first kappa shape index (κ1) is 11.1. The van der Waals surface area contributed by atoms with Crippen molar-refractivity contribution in [1.82, 2.24) is 15.5 Å². The molecule has 0 atom stereocenters. The molecule has 0 fully saturated rings. The van der Waals surface area contributed by atoms with E-state index < -0.39 is 0 Å². The zero-order chi connectivity index (χ0) is 10.2. The summed E-state index contributed by atoms with van der Waals surface area (Å²) >= 11 is 0. The molecule has 0 unspecified atom stereocenters. The minimum Gasteiger partial charge on any atom is -0.424 e. The van der Waals surface area contributed by atoms with E-state index in [1.807, 2.05) is 6.92 Å². The van der Waals surface area contributed by atoms with Gasteiger partial charge in [0.25, 0.3) is 0 Å². The molecule has 5 heteroatoms. The second kappa shape index (κ2) is 6.50. The van der Waals surface area contributed by atoms with Crippen LogP contribution in [0.5, 0.6) is 0 Å². The number of nitrogens with one attached hydrogen (secondary N) is 1. The molecule has 14 heavy (non-hydrogen) atoms. The van der Waals surface area contributed by atoms with Crippen LogP contribution in [0.3, 0.4) is 0 Å². The van der Waals surface area contributed by atoms with Crippen LogP contribution in [0.25, 0.3) is 0 Å². The van der Waals surface area contributed by atoms with Crippen LogP contribution in [-0.4, -0.2) is 30.0 Å². The topological polar surface area (TPSA) is 60.2 Å². The van der Waals surface area contributed by atoms with Gasteiger partial charge in [0.15, 0.2) is 0 Å². The molecule has 1 N–H and O–H groups in total. The molecule has 0 bridgehead atoms. The number of nitrogens with zero attached hydrogens (tertiary/aromatic N) is 2. The number of hydrogen-bond donors (Lipinski definition) is 1. The van der Waals surface area contributed by atoms with Crippen molar-refractivity contribution in [1.29, 1.82) is 0 Å². The Balaban J connectivity index is 1.99. The van der Waals surface area contributed by atoms with Gasteiger partial charge in [-0.2, -0.15) is 0 Å². The summed E-state index contributed by atoms with van der Waals surface area (Å²) in [5.74, 6) is 1.25. The van der Waals surface area contributed by atoms with Crippen LogP contribution in [0.1, 0.15) is 25.1 Å². The Morgan fingerprint density at radius 2 is 2.29 bits per heavy atom. The Labute approximate surface area is 83.9 Å². The molecular weight excluding hydrogens is 182 g/mol. The van der Waals surface area contributed by atoms with E-state index in [0.29, 0.717) is 18.3 Å². The fourth-order valence-corrected chi connectivity index (χ4v) is 1.05. The van der Waals surface area contributed by atoms with E-state index in [4.69, 9.17) is 9.15 Å². The summed E-state index contributed by atoms with van der Waals surface area (Å²) in [5, 5.41) is 10.8. The maximum absolute atomic E-state index is 5.20. The summed E-state index contributed by atoms with van der Waals surface area (Å²) in [7, 11) is 0. The second-order valence-electron chi connectivity index (χ2n) is 2.94. The average molecular weight is 199 g/mol. The first-order valence-electron chi connectivity index (χ1n) is 4.90. The zero-order valence-electron chi connectivity index (χ0n) is 8.75. The molecule has 0 aliphatic rings. The molecule has 1 rings (SSSR count). The largest absolute Gasteiger partial charge is 0.424 e. The highest BCUT2D eigenvalue weighted by molar-refractivity contribution is 4.77. The molecule has 1 heterocycles. The third-order valence-electron chi connectivity index (χ3n) is 1.69. The van der Waals surface area contributed by atoms with E-state index in [2.05, 4.69) is 15.5 Å². The van der Waals surface area contributed by atoms with Gasteiger partial charge in [-0.1, -0.05) is 0 Å². The summed E-state index contributed by atoms with van der Waals surface area (Å²) in [5.41, 5.74) is 0. The molecule has 5 nitrogen and oxygen atoms in total. The first-order chi connectivity index (χ1) is 6.83. The van der Waals surface area contributed by atoms with E-state index in [9.17, 15) is 0 Å². The van der Waals surface area contributed by atoms with Crippen LogP contribution < -0.4 is 5.32 Å². The number of ether oxygens (including phenoxy) is 1. The lowest BCUT2D eigenvalue weighted by Crippen LogP contribution is -2.16. The predicted molar refractivity (Wildman–Crippen MR) is 51.9 cm³/mol. The van der Waals surface area contributed by atoms with Gasteiger partial charge in [0.05, 0.1) is 6.54 Å². The molecule has 0 spiro atoms. The molecule has 80 valence electrons. The monoisotopic (exact) mass is 199 g/mol. The summed E-state index contributed by atoms with van der Waals surface area (Å²) in [6.07, 6.45) is 1.00. The summed E-state index contributed by atoms with van der Waals surface area (Å²) in [4.78, 5) is 0. The molecule has 0 aliphatic carbocycles. The Hall–Kier alpha value is -0.940. The summed E-state index contributed by atoms with van der Waals surface area (Å²) in [6.45, 7) is 6.89. The first-order valence-corrected chi connectivity index (χ1v) is 4.90. The Morgan fingerprint density at radius 3 is 2.93 bits per heavy atom. The smallest absolute Gasteiger partial charge is 0.230 e. The number of hydrogen-bond acceptors (Lipinski definition) is 5. The molecule has 0 radical (unpaired) electrons. The van der Waals surface area contributed by atoms with Gasteiger partial charge in [-0.05, 0) is 19.9 Å². The zero-order valence-corrected chi connectivity index (χ0v) is 8.75. The third-order valence-corrected chi connectivity index (χ3v) is 1.69. The van der Waals surface area contributed by atoms with Gasteiger partial charge in [-0.3, -0.25) is 0 Å². The van der Waals surface area contributed by atoms with Crippen molar-refractivity contribution in [3.8, 4) is 0 Å². The number of aromatic nitrogens is 2. The van der Waals surface area contributed by atoms with Gasteiger partial charge in [-0.15, -0.1) is 10.2 Å². The number of rotatable bonds is 7. The standard InChI is InChI=1S/C9H17N3O2/c1-3-13-6-4-5-10-7-9-12-11-8(2)14-9/h10H,3-7H2,1-2H3. The van der Waals surface area contributed by atoms with Crippen LogP contribution in [0.4, 0.5) is 0 Å². The molecule has 0 aliphatic heterocycles. The molecule has 1 aromatic rings. The Morgan fingerprint density at radius 1 is 1.43 bits per heavy atom. The van der Waals surface area contributed by atoms with Crippen molar-refractivity contribution in [2.45, 2.75) is 26.8 Å².